The van der Waals surface area contributed by atoms with E-state index in [0.29, 0.717) is 18.5 Å². The van der Waals surface area contributed by atoms with Crippen molar-refractivity contribution in [2.45, 2.75) is 31.4 Å². The van der Waals surface area contributed by atoms with Gasteiger partial charge in [-0.2, -0.15) is 0 Å². The van der Waals surface area contributed by atoms with Gasteiger partial charge in [0.25, 0.3) is 0 Å². The Morgan fingerprint density at radius 2 is 2.33 bits per heavy atom. The number of cyclic esters (lactones) is 1. The third-order valence-corrected chi connectivity index (χ3v) is 2.93. The minimum absolute atomic E-state index is 0.0835. The number of amides is 1. The zero-order valence-electron chi connectivity index (χ0n) is 6.83. The number of hydrogen-bond acceptors (Lipinski definition) is 2. The third kappa shape index (κ3) is 1.26. The fourth-order valence-electron chi connectivity index (χ4n) is 1.62. The standard InChI is InChI=1S/C8H12ClNO2/c9-4-7-5-10(8(11)12-7)6-2-1-3-6/h6-7H,1-5H2. The first kappa shape index (κ1) is 8.17. The van der Waals surface area contributed by atoms with E-state index in [-0.39, 0.29) is 12.2 Å². The summed E-state index contributed by atoms with van der Waals surface area (Å²) in [6.45, 7) is 0.688. The summed E-state index contributed by atoms with van der Waals surface area (Å²) in [6.07, 6.45) is 3.24. The fraction of sp³-hybridized carbons (Fsp3) is 0.875. The van der Waals surface area contributed by atoms with Gasteiger partial charge in [-0.15, -0.1) is 11.6 Å². The molecule has 1 amide bonds. The molecule has 68 valence electrons. The van der Waals surface area contributed by atoms with Crippen molar-refractivity contribution in [3.63, 3.8) is 0 Å². The molecule has 1 aliphatic heterocycles. The molecule has 3 nitrogen and oxygen atoms in total. The Morgan fingerprint density at radius 1 is 1.58 bits per heavy atom. The number of alkyl halides is 1. The Kier molecular flexibility index (Phi) is 2.13. The van der Waals surface area contributed by atoms with Crippen LogP contribution in [0.4, 0.5) is 4.79 Å². The first-order valence-electron chi connectivity index (χ1n) is 4.34. The number of nitrogens with zero attached hydrogens (tertiary/aromatic N) is 1. The summed E-state index contributed by atoms with van der Waals surface area (Å²) in [5, 5.41) is 0. The van der Waals surface area contributed by atoms with Crippen LogP contribution in [0, 0.1) is 0 Å². The van der Waals surface area contributed by atoms with E-state index in [4.69, 9.17) is 16.3 Å². The molecule has 0 aromatic carbocycles. The van der Waals surface area contributed by atoms with Gasteiger partial charge < -0.3 is 9.64 Å². The van der Waals surface area contributed by atoms with Crippen LogP contribution in [0.15, 0.2) is 0 Å². The maximum Gasteiger partial charge on any atom is 0.410 e. The molecule has 0 N–H and O–H groups in total. The summed E-state index contributed by atoms with van der Waals surface area (Å²) in [5.74, 6) is 0.412. The fourth-order valence-corrected chi connectivity index (χ4v) is 1.78. The van der Waals surface area contributed by atoms with Crippen molar-refractivity contribution in [1.82, 2.24) is 4.90 Å². The van der Waals surface area contributed by atoms with E-state index in [0.717, 1.165) is 12.8 Å². The van der Waals surface area contributed by atoms with Gasteiger partial charge in [-0.05, 0) is 19.3 Å². The molecule has 1 unspecified atom stereocenters. The second kappa shape index (κ2) is 3.13. The molecule has 12 heavy (non-hydrogen) atoms. The molecule has 0 spiro atoms. The van der Waals surface area contributed by atoms with E-state index in [1.807, 2.05) is 4.90 Å². The van der Waals surface area contributed by atoms with E-state index >= 15 is 0 Å². The summed E-state index contributed by atoms with van der Waals surface area (Å²) >= 11 is 5.60. The predicted molar refractivity (Wildman–Crippen MR) is 45.3 cm³/mol. The lowest BCUT2D eigenvalue weighted by Gasteiger charge is -2.32. The summed E-state index contributed by atoms with van der Waals surface area (Å²) in [5.41, 5.74) is 0. The second-order valence-electron chi connectivity index (χ2n) is 3.40. The number of halogens is 1. The molecule has 1 saturated carbocycles. The first-order valence-corrected chi connectivity index (χ1v) is 4.88. The quantitative estimate of drug-likeness (QED) is 0.618. The normalized spacial score (nSPS) is 30.2. The molecule has 0 bridgehead atoms. The van der Waals surface area contributed by atoms with Crippen LogP contribution in [-0.4, -0.2) is 35.6 Å². The molecule has 2 fully saturated rings. The molecule has 1 saturated heterocycles. The summed E-state index contributed by atoms with van der Waals surface area (Å²) < 4.78 is 5.04. The van der Waals surface area contributed by atoms with Crippen molar-refractivity contribution < 1.29 is 9.53 Å². The number of carbonyl (C=O) groups excluding carboxylic acids is 1. The van der Waals surface area contributed by atoms with Crippen LogP contribution < -0.4 is 0 Å². The van der Waals surface area contributed by atoms with E-state index in [9.17, 15) is 4.79 Å². The molecule has 1 aliphatic carbocycles. The maximum absolute atomic E-state index is 11.2. The maximum atomic E-state index is 11.2. The third-order valence-electron chi connectivity index (χ3n) is 2.59. The molecule has 2 rings (SSSR count). The van der Waals surface area contributed by atoms with E-state index in [1.165, 1.54) is 6.42 Å². The highest BCUT2D eigenvalue weighted by Crippen LogP contribution is 2.28. The summed E-state index contributed by atoms with van der Waals surface area (Å²) in [4.78, 5) is 13.0. The lowest BCUT2D eigenvalue weighted by molar-refractivity contribution is 0.121. The summed E-state index contributed by atoms with van der Waals surface area (Å²) in [6, 6.07) is 0.436. The van der Waals surface area contributed by atoms with Crippen LogP contribution >= 0.6 is 11.6 Å². The van der Waals surface area contributed by atoms with E-state index in [1.54, 1.807) is 0 Å². The van der Waals surface area contributed by atoms with Gasteiger partial charge >= 0.3 is 6.09 Å². The Balaban J connectivity index is 1.93. The van der Waals surface area contributed by atoms with E-state index < -0.39 is 0 Å². The van der Waals surface area contributed by atoms with Crippen molar-refractivity contribution >= 4 is 17.7 Å². The SMILES string of the molecule is O=C1OC(CCl)CN1C1CCC1. The minimum Gasteiger partial charge on any atom is -0.443 e. The van der Waals surface area contributed by atoms with Crippen LogP contribution in [0.3, 0.4) is 0 Å². The van der Waals surface area contributed by atoms with Crippen molar-refractivity contribution in [2.75, 3.05) is 12.4 Å². The molecule has 1 heterocycles. The van der Waals surface area contributed by atoms with Gasteiger partial charge in [-0.3, -0.25) is 0 Å². The average Bonchev–Trinajstić information content (AvgIpc) is 2.29. The van der Waals surface area contributed by atoms with Crippen molar-refractivity contribution in [3.8, 4) is 0 Å². The highest BCUT2D eigenvalue weighted by molar-refractivity contribution is 6.18. The lowest BCUT2D eigenvalue weighted by atomic mass is 9.92. The smallest absolute Gasteiger partial charge is 0.410 e. The zero-order valence-corrected chi connectivity index (χ0v) is 7.59. The molecular weight excluding hydrogens is 178 g/mol. The van der Waals surface area contributed by atoms with Crippen LogP contribution in [0.25, 0.3) is 0 Å². The zero-order chi connectivity index (χ0) is 8.55. The van der Waals surface area contributed by atoms with Crippen molar-refractivity contribution in [2.24, 2.45) is 0 Å². The van der Waals surface area contributed by atoms with Gasteiger partial charge in [-0.1, -0.05) is 0 Å². The largest absolute Gasteiger partial charge is 0.443 e. The Labute approximate surface area is 76.6 Å². The summed E-state index contributed by atoms with van der Waals surface area (Å²) in [7, 11) is 0. The number of hydrogen-bond donors (Lipinski definition) is 0. The topological polar surface area (TPSA) is 29.5 Å². The van der Waals surface area contributed by atoms with Gasteiger partial charge in [0.2, 0.25) is 0 Å². The highest BCUT2D eigenvalue weighted by Gasteiger charge is 2.37. The molecule has 2 aliphatic rings. The highest BCUT2D eigenvalue weighted by atomic mass is 35.5. The number of carbonyl (C=O) groups is 1. The van der Waals surface area contributed by atoms with Gasteiger partial charge in [0.05, 0.1) is 12.4 Å². The minimum atomic E-state index is -0.176. The van der Waals surface area contributed by atoms with Gasteiger partial charge in [0.1, 0.15) is 6.10 Å². The van der Waals surface area contributed by atoms with Crippen LogP contribution in [0.5, 0.6) is 0 Å². The van der Waals surface area contributed by atoms with E-state index in [2.05, 4.69) is 0 Å². The van der Waals surface area contributed by atoms with Crippen molar-refractivity contribution in [3.05, 3.63) is 0 Å². The van der Waals surface area contributed by atoms with Crippen LogP contribution in [0.2, 0.25) is 0 Å². The Morgan fingerprint density at radius 3 is 2.75 bits per heavy atom. The van der Waals surface area contributed by atoms with Crippen LogP contribution in [0.1, 0.15) is 19.3 Å². The lowest BCUT2D eigenvalue weighted by Crippen LogP contribution is -2.41. The van der Waals surface area contributed by atoms with Gasteiger partial charge in [0, 0.05) is 6.04 Å². The molecule has 0 radical (unpaired) electrons. The monoisotopic (exact) mass is 189 g/mol. The van der Waals surface area contributed by atoms with Crippen LogP contribution in [-0.2, 0) is 4.74 Å². The number of rotatable bonds is 2. The Hall–Kier alpha value is -0.440. The molecule has 0 aromatic heterocycles. The predicted octanol–water partition coefficient (Wildman–Crippen LogP) is 1.60. The molecular formula is C8H12ClNO2. The second-order valence-corrected chi connectivity index (χ2v) is 3.71. The molecule has 0 aromatic rings. The van der Waals surface area contributed by atoms with Crippen molar-refractivity contribution in [1.29, 1.82) is 0 Å². The first-order chi connectivity index (χ1) is 5.81. The average molecular weight is 190 g/mol. The van der Waals surface area contributed by atoms with Gasteiger partial charge in [0.15, 0.2) is 0 Å². The number of ether oxygens (including phenoxy) is 1. The Bertz CT molecular complexity index is 193. The van der Waals surface area contributed by atoms with Gasteiger partial charge in [-0.25, -0.2) is 4.79 Å². The molecule has 1 atom stereocenters. The molecule has 4 heteroatoms.